The Hall–Kier alpha value is -2.54. The standard InChI is InChI=1S/C23H17BrCl2FNO3/c1-30-21-11-14(6-9-22(29)28-20-8-7-16(25)12-18(20)26)10-17(24)23(21)31-13-15-4-2-3-5-19(15)27/h2-12H,13H2,1H3,(H,28,29)/b9-6+. The number of carbonyl (C=O) groups excluding carboxylic acids is 1. The van der Waals surface area contributed by atoms with Crippen LogP contribution in [0.3, 0.4) is 0 Å². The fourth-order valence-electron chi connectivity index (χ4n) is 2.68. The van der Waals surface area contributed by atoms with Gasteiger partial charge < -0.3 is 14.8 Å². The van der Waals surface area contributed by atoms with Crippen LogP contribution < -0.4 is 14.8 Å². The number of benzene rings is 3. The highest BCUT2D eigenvalue weighted by atomic mass is 79.9. The first kappa shape index (κ1) is 23.1. The van der Waals surface area contributed by atoms with E-state index in [1.807, 2.05) is 0 Å². The minimum absolute atomic E-state index is 0.0427. The first-order valence-electron chi connectivity index (χ1n) is 9.05. The monoisotopic (exact) mass is 523 g/mol. The Kier molecular flexibility index (Phi) is 7.96. The lowest BCUT2D eigenvalue weighted by molar-refractivity contribution is -0.111. The van der Waals surface area contributed by atoms with Crippen LogP contribution in [0.5, 0.6) is 11.5 Å². The second-order valence-corrected chi connectivity index (χ2v) is 8.06. The number of rotatable bonds is 7. The number of carbonyl (C=O) groups is 1. The molecule has 1 amide bonds. The van der Waals surface area contributed by atoms with Crippen molar-refractivity contribution in [2.24, 2.45) is 0 Å². The van der Waals surface area contributed by atoms with Crippen molar-refractivity contribution >= 4 is 56.8 Å². The van der Waals surface area contributed by atoms with Crippen LogP contribution in [0.25, 0.3) is 6.08 Å². The molecule has 0 aromatic heterocycles. The largest absolute Gasteiger partial charge is 0.493 e. The molecule has 1 N–H and O–H groups in total. The van der Waals surface area contributed by atoms with Crippen LogP contribution in [0.2, 0.25) is 10.0 Å². The highest BCUT2D eigenvalue weighted by Crippen LogP contribution is 2.37. The lowest BCUT2D eigenvalue weighted by Crippen LogP contribution is -2.08. The van der Waals surface area contributed by atoms with Crippen LogP contribution in [0.1, 0.15) is 11.1 Å². The first-order chi connectivity index (χ1) is 14.9. The van der Waals surface area contributed by atoms with Gasteiger partial charge in [-0.1, -0.05) is 41.4 Å². The number of hydrogen-bond donors (Lipinski definition) is 1. The normalized spacial score (nSPS) is 10.9. The minimum atomic E-state index is -0.362. The van der Waals surface area contributed by atoms with E-state index in [0.717, 1.165) is 0 Å². The molecule has 0 aliphatic carbocycles. The summed E-state index contributed by atoms with van der Waals surface area (Å²) in [5.41, 5.74) is 1.58. The Morgan fingerprint density at radius 1 is 1.16 bits per heavy atom. The van der Waals surface area contributed by atoms with Gasteiger partial charge in [-0.2, -0.15) is 0 Å². The van der Waals surface area contributed by atoms with Crippen LogP contribution >= 0.6 is 39.1 Å². The molecule has 0 aliphatic rings. The third-order valence-electron chi connectivity index (χ3n) is 4.20. The summed E-state index contributed by atoms with van der Waals surface area (Å²) < 4.78 is 25.6. The highest BCUT2D eigenvalue weighted by Gasteiger charge is 2.13. The summed E-state index contributed by atoms with van der Waals surface area (Å²) in [6.45, 7) is 0.0427. The number of ether oxygens (including phenoxy) is 2. The maximum Gasteiger partial charge on any atom is 0.248 e. The van der Waals surface area contributed by atoms with Gasteiger partial charge >= 0.3 is 0 Å². The number of halogens is 4. The summed E-state index contributed by atoms with van der Waals surface area (Å²) in [5, 5.41) is 3.51. The third-order valence-corrected chi connectivity index (χ3v) is 5.33. The number of anilines is 1. The Labute approximate surface area is 197 Å². The molecular formula is C23H17BrCl2FNO3. The molecule has 0 fully saturated rings. The van der Waals surface area contributed by atoms with Gasteiger partial charge in [-0.05, 0) is 64.0 Å². The van der Waals surface area contributed by atoms with Gasteiger partial charge in [0.15, 0.2) is 11.5 Å². The molecule has 8 heteroatoms. The predicted molar refractivity (Wildman–Crippen MR) is 126 cm³/mol. The molecule has 0 radical (unpaired) electrons. The van der Waals surface area contributed by atoms with E-state index in [9.17, 15) is 9.18 Å². The zero-order chi connectivity index (χ0) is 22.4. The summed E-state index contributed by atoms with van der Waals surface area (Å²) in [7, 11) is 1.50. The van der Waals surface area contributed by atoms with E-state index in [2.05, 4.69) is 21.2 Å². The molecule has 3 aromatic rings. The van der Waals surface area contributed by atoms with Gasteiger partial charge in [0.25, 0.3) is 0 Å². The fourth-order valence-corrected chi connectivity index (χ4v) is 3.71. The molecule has 0 aliphatic heterocycles. The van der Waals surface area contributed by atoms with E-state index < -0.39 is 0 Å². The molecule has 4 nitrogen and oxygen atoms in total. The zero-order valence-corrected chi connectivity index (χ0v) is 19.4. The second-order valence-electron chi connectivity index (χ2n) is 6.36. The number of hydrogen-bond acceptors (Lipinski definition) is 3. The van der Waals surface area contributed by atoms with Gasteiger partial charge in [-0.3, -0.25) is 4.79 Å². The van der Waals surface area contributed by atoms with Gasteiger partial charge in [-0.15, -0.1) is 0 Å². The summed E-state index contributed by atoms with van der Waals surface area (Å²) in [5.74, 6) is 0.162. The van der Waals surface area contributed by atoms with Crippen molar-refractivity contribution in [1.82, 2.24) is 0 Å². The predicted octanol–water partition coefficient (Wildman–Crippen LogP) is 7.13. The lowest BCUT2D eigenvalue weighted by Gasteiger charge is -2.14. The molecule has 3 rings (SSSR count). The fraction of sp³-hybridized carbons (Fsp3) is 0.0870. The smallest absolute Gasteiger partial charge is 0.248 e. The summed E-state index contributed by atoms with van der Waals surface area (Å²) in [6.07, 6.45) is 2.99. The van der Waals surface area contributed by atoms with Gasteiger partial charge in [0.2, 0.25) is 5.91 Å². The van der Waals surface area contributed by atoms with Crippen LogP contribution in [0, 0.1) is 5.82 Å². The summed E-state index contributed by atoms with van der Waals surface area (Å²) in [4.78, 5) is 12.2. The van der Waals surface area contributed by atoms with Crippen molar-refractivity contribution in [3.63, 3.8) is 0 Å². The molecule has 0 unspecified atom stereocenters. The Balaban J connectivity index is 1.72. The quantitative estimate of drug-likeness (QED) is 0.334. The molecule has 3 aromatic carbocycles. The van der Waals surface area contributed by atoms with Crippen molar-refractivity contribution in [3.05, 3.63) is 92.1 Å². The Bertz CT molecular complexity index is 1140. The molecule has 0 spiro atoms. The van der Waals surface area contributed by atoms with Crippen molar-refractivity contribution in [2.75, 3.05) is 12.4 Å². The number of amides is 1. The van der Waals surface area contributed by atoms with Gasteiger partial charge in [0.1, 0.15) is 12.4 Å². The van der Waals surface area contributed by atoms with Crippen molar-refractivity contribution in [3.8, 4) is 11.5 Å². The van der Waals surface area contributed by atoms with Crippen LogP contribution in [0.15, 0.2) is 65.1 Å². The molecule has 0 bridgehead atoms. The maximum absolute atomic E-state index is 13.8. The Morgan fingerprint density at radius 2 is 1.94 bits per heavy atom. The molecule has 160 valence electrons. The van der Waals surface area contributed by atoms with E-state index in [1.165, 1.54) is 19.3 Å². The average molecular weight is 525 g/mol. The summed E-state index contributed by atoms with van der Waals surface area (Å²) >= 11 is 15.4. The molecule has 31 heavy (non-hydrogen) atoms. The van der Waals surface area contributed by atoms with Crippen LogP contribution in [-0.2, 0) is 11.4 Å². The van der Waals surface area contributed by atoms with Gasteiger partial charge in [0.05, 0.1) is 22.3 Å². The molecule has 0 saturated carbocycles. The highest BCUT2D eigenvalue weighted by molar-refractivity contribution is 9.10. The SMILES string of the molecule is COc1cc(/C=C/C(=O)Nc2ccc(Cl)cc2Cl)cc(Br)c1OCc1ccccc1F. The van der Waals surface area contributed by atoms with Crippen molar-refractivity contribution in [1.29, 1.82) is 0 Å². The van der Waals surface area contributed by atoms with Crippen molar-refractivity contribution < 1.29 is 18.7 Å². The van der Waals surface area contributed by atoms with E-state index in [-0.39, 0.29) is 18.3 Å². The summed E-state index contributed by atoms with van der Waals surface area (Å²) in [6, 6.07) is 14.7. The van der Waals surface area contributed by atoms with Gasteiger partial charge in [0, 0.05) is 16.7 Å². The van der Waals surface area contributed by atoms with Crippen molar-refractivity contribution in [2.45, 2.75) is 6.61 Å². The zero-order valence-electron chi connectivity index (χ0n) is 16.3. The first-order valence-corrected chi connectivity index (χ1v) is 10.6. The van der Waals surface area contributed by atoms with E-state index in [4.69, 9.17) is 32.7 Å². The third kappa shape index (κ3) is 6.23. The van der Waals surface area contributed by atoms with Crippen LogP contribution in [-0.4, -0.2) is 13.0 Å². The topological polar surface area (TPSA) is 47.6 Å². The molecule has 0 atom stereocenters. The lowest BCUT2D eigenvalue weighted by atomic mass is 10.1. The minimum Gasteiger partial charge on any atom is -0.493 e. The van der Waals surface area contributed by atoms with E-state index in [0.29, 0.717) is 42.8 Å². The molecule has 0 saturated heterocycles. The maximum atomic E-state index is 13.8. The van der Waals surface area contributed by atoms with Gasteiger partial charge in [-0.25, -0.2) is 4.39 Å². The van der Waals surface area contributed by atoms with E-state index in [1.54, 1.807) is 54.6 Å². The average Bonchev–Trinajstić information content (AvgIpc) is 2.74. The van der Waals surface area contributed by atoms with E-state index >= 15 is 0 Å². The second kappa shape index (κ2) is 10.7. The molecule has 0 heterocycles. The Morgan fingerprint density at radius 3 is 2.65 bits per heavy atom. The van der Waals surface area contributed by atoms with Crippen LogP contribution in [0.4, 0.5) is 10.1 Å². The number of nitrogens with one attached hydrogen (secondary N) is 1. The molecular weight excluding hydrogens is 508 g/mol. The number of methoxy groups -OCH3 is 1.